The second-order valence-corrected chi connectivity index (χ2v) is 4.46. The first-order valence-electron chi connectivity index (χ1n) is 6.27. The lowest BCUT2D eigenvalue weighted by molar-refractivity contribution is 0.0468. The van der Waals surface area contributed by atoms with Gasteiger partial charge in [0.15, 0.2) is 0 Å². The molecule has 0 saturated heterocycles. The molecule has 4 nitrogen and oxygen atoms in total. The number of carbonyl (C=O) groups is 1. The average Bonchev–Trinajstić information content (AvgIpc) is 2.46. The van der Waals surface area contributed by atoms with Crippen LogP contribution < -0.4 is 10.5 Å². The van der Waals surface area contributed by atoms with E-state index in [0.29, 0.717) is 17.0 Å². The van der Waals surface area contributed by atoms with Crippen molar-refractivity contribution in [1.29, 1.82) is 0 Å². The zero-order valence-corrected chi connectivity index (χ0v) is 11.6. The van der Waals surface area contributed by atoms with Crippen molar-refractivity contribution in [3.63, 3.8) is 0 Å². The fraction of sp³-hybridized carbons (Fsp3) is 0.188. The molecular formula is C16H17NO3. The van der Waals surface area contributed by atoms with Gasteiger partial charge >= 0.3 is 5.97 Å². The van der Waals surface area contributed by atoms with Gasteiger partial charge in [-0.05, 0) is 36.2 Å². The molecule has 4 heteroatoms. The van der Waals surface area contributed by atoms with E-state index in [0.717, 1.165) is 11.1 Å². The zero-order valence-electron chi connectivity index (χ0n) is 11.6. The van der Waals surface area contributed by atoms with Gasteiger partial charge < -0.3 is 15.2 Å². The number of nitrogens with two attached hydrogens (primary N) is 1. The minimum absolute atomic E-state index is 0.226. The largest absolute Gasteiger partial charge is 0.496 e. The fourth-order valence-corrected chi connectivity index (χ4v) is 1.88. The minimum Gasteiger partial charge on any atom is -0.496 e. The van der Waals surface area contributed by atoms with Crippen molar-refractivity contribution < 1.29 is 14.3 Å². The summed E-state index contributed by atoms with van der Waals surface area (Å²) < 4.78 is 10.5. The van der Waals surface area contributed by atoms with Gasteiger partial charge in [-0.15, -0.1) is 0 Å². The van der Waals surface area contributed by atoms with Crippen LogP contribution in [-0.4, -0.2) is 13.1 Å². The first-order chi connectivity index (χ1) is 9.61. The summed E-state index contributed by atoms with van der Waals surface area (Å²) in [5, 5.41) is 0. The Morgan fingerprint density at radius 2 is 1.95 bits per heavy atom. The maximum absolute atomic E-state index is 12.1. The van der Waals surface area contributed by atoms with E-state index >= 15 is 0 Å². The standard InChI is InChI=1S/C16H17NO3/c1-11-5-3-4-6-12(11)10-20-16(18)14-9-13(17)7-8-15(14)19-2/h3-9H,10,17H2,1-2H3. The number of rotatable bonds is 4. The molecule has 2 rings (SSSR count). The Balaban J connectivity index is 2.13. The van der Waals surface area contributed by atoms with E-state index in [9.17, 15) is 4.79 Å². The molecule has 104 valence electrons. The van der Waals surface area contributed by atoms with Gasteiger partial charge in [0.25, 0.3) is 0 Å². The molecule has 20 heavy (non-hydrogen) atoms. The van der Waals surface area contributed by atoms with Crippen molar-refractivity contribution >= 4 is 11.7 Å². The Morgan fingerprint density at radius 3 is 2.65 bits per heavy atom. The molecule has 0 radical (unpaired) electrons. The van der Waals surface area contributed by atoms with Crippen molar-refractivity contribution in [1.82, 2.24) is 0 Å². The van der Waals surface area contributed by atoms with Gasteiger partial charge in [0, 0.05) is 5.69 Å². The minimum atomic E-state index is -0.447. The number of anilines is 1. The zero-order chi connectivity index (χ0) is 14.5. The Morgan fingerprint density at radius 1 is 1.20 bits per heavy atom. The van der Waals surface area contributed by atoms with Crippen molar-refractivity contribution in [3.8, 4) is 5.75 Å². The molecule has 0 aromatic heterocycles. The second-order valence-electron chi connectivity index (χ2n) is 4.46. The molecule has 0 unspecified atom stereocenters. The number of aryl methyl sites for hydroxylation is 1. The van der Waals surface area contributed by atoms with E-state index in [1.165, 1.54) is 7.11 Å². The summed E-state index contributed by atoms with van der Waals surface area (Å²) in [6.07, 6.45) is 0. The molecule has 0 spiro atoms. The number of hydrogen-bond acceptors (Lipinski definition) is 4. The van der Waals surface area contributed by atoms with Crippen LogP contribution in [0.3, 0.4) is 0 Å². The molecule has 0 heterocycles. The van der Waals surface area contributed by atoms with Crippen molar-refractivity contribution in [3.05, 3.63) is 59.2 Å². The number of ether oxygens (including phenoxy) is 2. The van der Waals surface area contributed by atoms with Crippen LogP contribution in [0.15, 0.2) is 42.5 Å². The van der Waals surface area contributed by atoms with Gasteiger partial charge in [-0.2, -0.15) is 0 Å². The number of nitrogen functional groups attached to an aromatic ring is 1. The molecule has 0 fully saturated rings. The monoisotopic (exact) mass is 271 g/mol. The topological polar surface area (TPSA) is 61.5 Å². The lowest BCUT2D eigenvalue weighted by Crippen LogP contribution is -2.08. The van der Waals surface area contributed by atoms with E-state index in [-0.39, 0.29) is 6.61 Å². The van der Waals surface area contributed by atoms with Crippen LogP contribution in [0, 0.1) is 6.92 Å². The van der Waals surface area contributed by atoms with Crippen molar-refractivity contribution in [2.75, 3.05) is 12.8 Å². The molecular weight excluding hydrogens is 254 g/mol. The summed E-state index contributed by atoms with van der Waals surface area (Å²) in [5.74, 6) is 0.00591. The van der Waals surface area contributed by atoms with Crippen LogP contribution in [0.1, 0.15) is 21.5 Å². The number of methoxy groups -OCH3 is 1. The van der Waals surface area contributed by atoms with E-state index in [1.807, 2.05) is 31.2 Å². The molecule has 0 saturated carbocycles. The highest BCUT2D eigenvalue weighted by atomic mass is 16.5. The van der Waals surface area contributed by atoms with E-state index in [1.54, 1.807) is 18.2 Å². The lowest BCUT2D eigenvalue weighted by Gasteiger charge is -2.10. The predicted octanol–water partition coefficient (Wildman–Crippen LogP) is 2.94. The molecule has 0 aliphatic heterocycles. The maximum Gasteiger partial charge on any atom is 0.342 e. The van der Waals surface area contributed by atoms with Crippen LogP contribution in [-0.2, 0) is 11.3 Å². The van der Waals surface area contributed by atoms with Crippen LogP contribution in [0.2, 0.25) is 0 Å². The molecule has 0 atom stereocenters. The highest BCUT2D eigenvalue weighted by Gasteiger charge is 2.14. The highest BCUT2D eigenvalue weighted by molar-refractivity contribution is 5.93. The second kappa shape index (κ2) is 6.10. The number of hydrogen-bond donors (Lipinski definition) is 1. The van der Waals surface area contributed by atoms with Crippen LogP contribution in [0.25, 0.3) is 0 Å². The fourth-order valence-electron chi connectivity index (χ4n) is 1.88. The third-order valence-corrected chi connectivity index (χ3v) is 3.06. The van der Waals surface area contributed by atoms with E-state index in [4.69, 9.17) is 15.2 Å². The Bertz CT molecular complexity index is 623. The van der Waals surface area contributed by atoms with Crippen LogP contribution >= 0.6 is 0 Å². The molecule has 0 bridgehead atoms. The van der Waals surface area contributed by atoms with Crippen molar-refractivity contribution in [2.45, 2.75) is 13.5 Å². The van der Waals surface area contributed by atoms with Gasteiger partial charge in [-0.25, -0.2) is 4.79 Å². The SMILES string of the molecule is COc1ccc(N)cc1C(=O)OCc1ccccc1C. The Labute approximate surface area is 118 Å². The summed E-state index contributed by atoms with van der Waals surface area (Å²) in [4.78, 5) is 12.1. The van der Waals surface area contributed by atoms with Gasteiger partial charge in [0.05, 0.1) is 7.11 Å². The third kappa shape index (κ3) is 3.09. The van der Waals surface area contributed by atoms with Crippen LogP contribution in [0.5, 0.6) is 5.75 Å². The number of carbonyl (C=O) groups excluding carboxylic acids is 1. The first kappa shape index (κ1) is 13.9. The Kier molecular flexibility index (Phi) is 4.25. The van der Waals surface area contributed by atoms with Gasteiger partial charge in [-0.1, -0.05) is 24.3 Å². The summed E-state index contributed by atoms with van der Waals surface area (Å²) in [5.41, 5.74) is 8.58. The van der Waals surface area contributed by atoms with Crippen molar-refractivity contribution in [2.24, 2.45) is 0 Å². The highest BCUT2D eigenvalue weighted by Crippen LogP contribution is 2.22. The molecule has 0 aliphatic rings. The first-order valence-corrected chi connectivity index (χ1v) is 6.27. The summed E-state index contributed by atoms with van der Waals surface area (Å²) in [6, 6.07) is 12.7. The predicted molar refractivity (Wildman–Crippen MR) is 77.7 cm³/mol. The molecule has 0 aliphatic carbocycles. The maximum atomic E-state index is 12.1. The van der Waals surface area contributed by atoms with E-state index in [2.05, 4.69) is 0 Å². The van der Waals surface area contributed by atoms with Gasteiger partial charge in [0.2, 0.25) is 0 Å². The molecule has 2 N–H and O–H groups in total. The summed E-state index contributed by atoms with van der Waals surface area (Å²) in [7, 11) is 1.50. The van der Waals surface area contributed by atoms with Gasteiger partial charge in [-0.3, -0.25) is 0 Å². The molecule has 0 amide bonds. The third-order valence-electron chi connectivity index (χ3n) is 3.06. The van der Waals surface area contributed by atoms with Crippen LogP contribution in [0.4, 0.5) is 5.69 Å². The lowest BCUT2D eigenvalue weighted by atomic mass is 10.1. The number of benzene rings is 2. The summed E-state index contributed by atoms with van der Waals surface area (Å²) >= 11 is 0. The molecule has 2 aromatic carbocycles. The summed E-state index contributed by atoms with van der Waals surface area (Å²) in [6.45, 7) is 2.20. The quantitative estimate of drug-likeness (QED) is 0.686. The molecule has 2 aromatic rings. The van der Waals surface area contributed by atoms with Gasteiger partial charge in [0.1, 0.15) is 17.9 Å². The average molecular weight is 271 g/mol. The number of esters is 1. The Hall–Kier alpha value is -2.49. The normalized spacial score (nSPS) is 10.1. The smallest absolute Gasteiger partial charge is 0.342 e. The van der Waals surface area contributed by atoms with E-state index < -0.39 is 5.97 Å².